The number of thiazole rings is 1. The average Bonchev–Trinajstić information content (AvgIpc) is 3.78. The average molecular weight is 638 g/mol. The van der Waals surface area contributed by atoms with Gasteiger partial charge in [0.2, 0.25) is 16.0 Å². The van der Waals surface area contributed by atoms with Crippen molar-refractivity contribution in [2.24, 2.45) is 5.92 Å². The van der Waals surface area contributed by atoms with E-state index in [4.69, 9.17) is 19.8 Å². The molecular weight excluding hydrogens is 606 g/mol. The quantitative estimate of drug-likeness (QED) is 0.252. The van der Waals surface area contributed by atoms with Crippen LogP contribution in [0.15, 0.2) is 24.3 Å². The van der Waals surface area contributed by atoms with Gasteiger partial charge in [-0.25, -0.2) is 14.4 Å². The topological polar surface area (TPSA) is 123 Å². The van der Waals surface area contributed by atoms with Gasteiger partial charge < -0.3 is 19.4 Å². The van der Waals surface area contributed by atoms with Gasteiger partial charge in [-0.3, -0.25) is 14.5 Å². The predicted octanol–water partition coefficient (Wildman–Crippen LogP) is 3.40. The molecule has 0 bridgehead atoms. The number of likely N-dealkylation sites (N-methyl/N-ethyl adjacent to an activating group) is 1. The van der Waals surface area contributed by atoms with Crippen molar-refractivity contribution >= 4 is 55.6 Å². The molecular formula is C29H32FN9O3S2. The van der Waals surface area contributed by atoms with Gasteiger partial charge in [-0.15, -0.1) is 5.10 Å². The van der Waals surface area contributed by atoms with E-state index in [0.29, 0.717) is 47.3 Å². The van der Waals surface area contributed by atoms with Gasteiger partial charge in [-0.1, -0.05) is 29.6 Å². The molecule has 6 rings (SSSR count). The Hall–Kier alpha value is -4.13. The highest BCUT2D eigenvalue weighted by Gasteiger charge is 2.38. The molecule has 2 aliphatic heterocycles. The Bertz CT molecular complexity index is 1740. The third-order valence-corrected chi connectivity index (χ3v) is 10.2. The van der Waals surface area contributed by atoms with Gasteiger partial charge in [0.05, 0.1) is 25.3 Å². The van der Waals surface area contributed by atoms with Crippen molar-refractivity contribution in [2.75, 3.05) is 63.7 Å². The Morgan fingerprint density at radius 3 is 2.59 bits per heavy atom. The molecule has 1 amide bonds. The molecule has 2 fully saturated rings. The molecule has 4 aromatic rings. The van der Waals surface area contributed by atoms with Crippen LogP contribution in [0.4, 0.5) is 20.5 Å². The van der Waals surface area contributed by atoms with E-state index >= 15 is 0 Å². The molecule has 0 spiro atoms. The molecule has 0 N–H and O–H groups in total. The number of anilines is 3. The molecule has 1 atom stereocenters. The van der Waals surface area contributed by atoms with Crippen LogP contribution >= 0.6 is 22.7 Å². The lowest BCUT2D eigenvalue weighted by molar-refractivity contribution is -0.156. The van der Waals surface area contributed by atoms with Crippen LogP contribution in [0.2, 0.25) is 0 Å². The molecule has 0 aliphatic carbocycles. The maximum absolute atomic E-state index is 13.5. The third kappa shape index (κ3) is 5.49. The number of hydrogen-bond acceptors (Lipinski definition) is 12. The largest absolute Gasteiger partial charge is 0.469 e. The van der Waals surface area contributed by atoms with E-state index in [2.05, 4.69) is 15.9 Å². The number of rotatable bonds is 9. The second-order valence-electron chi connectivity index (χ2n) is 11.0. The summed E-state index contributed by atoms with van der Waals surface area (Å²) in [5.41, 5.74) is 2.06. The zero-order valence-electron chi connectivity index (χ0n) is 24.9. The third-order valence-electron chi connectivity index (χ3n) is 8.22. The number of amides is 1. The van der Waals surface area contributed by atoms with Crippen LogP contribution in [0.5, 0.6) is 0 Å². The molecule has 12 nitrogen and oxygen atoms in total. The van der Waals surface area contributed by atoms with Crippen molar-refractivity contribution in [1.82, 2.24) is 29.4 Å². The lowest BCUT2D eigenvalue weighted by Crippen LogP contribution is -2.56. The fraction of sp³-hybridized carbons (Fsp3) is 0.448. The van der Waals surface area contributed by atoms with Crippen LogP contribution in [-0.2, 0) is 20.7 Å². The zero-order valence-corrected chi connectivity index (χ0v) is 26.5. The summed E-state index contributed by atoms with van der Waals surface area (Å²) in [6.07, 6.45) is 1.58. The lowest BCUT2D eigenvalue weighted by Gasteiger charge is -2.38. The molecule has 2 aliphatic rings. The number of hydrogen-bond donors (Lipinski definition) is 0. The normalized spacial score (nSPS) is 16.9. The number of nitrogens with zero attached hydrogens (tertiary/aromatic N) is 9. The molecule has 230 valence electrons. The van der Waals surface area contributed by atoms with Crippen LogP contribution in [-0.4, -0.2) is 101 Å². The minimum absolute atomic E-state index is 0.0166. The number of nitriles is 1. The Labute approximate surface area is 261 Å². The zero-order chi connectivity index (χ0) is 31.1. The summed E-state index contributed by atoms with van der Waals surface area (Å²) in [5, 5.41) is 16.2. The fourth-order valence-electron chi connectivity index (χ4n) is 5.61. The van der Waals surface area contributed by atoms with Crippen molar-refractivity contribution in [2.45, 2.75) is 25.8 Å². The first-order valence-corrected chi connectivity index (χ1v) is 15.9. The Kier molecular flexibility index (Phi) is 8.23. The number of likely N-dealkylation sites (tertiary alicyclic amines) is 1. The van der Waals surface area contributed by atoms with Gasteiger partial charge in [-0.05, 0) is 44.2 Å². The molecule has 0 saturated carbocycles. The minimum atomic E-state index is -0.348. The van der Waals surface area contributed by atoms with E-state index in [1.807, 2.05) is 30.4 Å². The molecule has 44 heavy (non-hydrogen) atoms. The Morgan fingerprint density at radius 2 is 1.91 bits per heavy atom. The summed E-state index contributed by atoms with van der Waals surface area (Å²) in [6.45, 7) is 4.70. The number of ether oxygens (including phenoxy) is 1. The summed E-state index contributed by atoms with van der Waals surface area (Å²) in [5.74, 6) is -0.0369. The highest BCUT2D eigenvalue weighted by atomic mass is 32.1. The van der Waals surface area contributed by atoms with E-state index < -0.39 is 0 Å². The van der Waals surface area contributed by atoms with Crippen molar-refractivity contribution in [3.8, 4) is 17.3 Å². The van der Waals surface area contributed by atoms with E-state index in [1.54, 1.807) is 17.0 Å². The SMILES string of the molecule is CCc1nc2sc(N3CCC(N(C)CC(=O)N4CC(C(=O)OC)C4)C3)nn2c1N(C)c1nc(-c2ccc(F)cc2)c(C#N)s1. The van der Waals surface area contributed by atoms with E-state index in [0.717, 1.165) is 41.1 Å². The standard InChI is InChI=1S/C29H32FN9O3S2/c1-5-21-25(36(3)27-33-24(22(12-31)43-27)17-6-8-19(30)9-7-17)39-28(32-21)44-29(34-39)37-11-10-20(15-37)35(2)16-23(40)38-13-18(14-38)26(41)42-4/h6-9,18,20H,5,10-11,13-16H2,1-4H3. The first-order chi connectivity index (χ1) is 21.2. The van der Waals surface area contributed by atoms with Crippen molar-refractivity contribution in [3.63, 3.8) is 0 Å². The highest BCUT2D eigenvalue weighted by Crippen LogP contribution is 2.38. The number of methoxy groups -OCH3 is 1. The first-order valence-electron chi connectivity index (χ1n) is 14.3. The summed E-state index contributed by atoms with van der Waals surface area (Å²) >= 11 is 2.78. The molecule has 1 aromatic carbocycles. The van der Waals surface area contributed by atoms with Gasteiger partial charge in [0, 0.05) is 44.8 Å². The van der Waals surface area contributed by atoms with Gasteiger partial charge in [0.25, 0.3) is 0 Å². The number of imidazole rings is 1. The molecule has 5 heterocycles. The molecule has 3 aromatic heterocycles. The van der Waals surface area contributed by atoms with Crippen molar-refractivity contribution in [3.05, 3.63) is 40.7 Å². The number of benzene rings is 1. The van der Waals surface area contributed by atoms with Gasteiger partial charge in [0.15, 0.2) is 10.9 Å². The Balaban J connectivity index is 1.17. The van der Waals surface area contributed by atoms with E-state index in [9.17, 15) is 19.2 Å². The van der Waals surface area contributed by atoms with Crippen LogP contribution in [0.3, 0.4) is 0 Å². The maximum atomic E-state index is 13.5. The maximum Gasteiger partial charge on any atom is 0.312 e. The van der Waals surface area contributed by atoms with Gasteiger partial charge in [-0.2, -0.15) is 9.78 Å². The lowest BCUT2D eigenvalue weighted by atomic mass is 10.0. The Morgan fingerprint density at radius 1 is 1.16 bits per heavy atom. The van der Waals surface area contributed by atoms with Crippen molar-refractivity contribution in [1.29, 1.82) is 5.26 Å². The number of aryl methyl sites for hydroxylation is 1. The van der Waals surface area contributed by atoms with Gasteiger partial charge >= 0.3 is 5.97 Å². The smallest absolute Gasteiger partial charge is 0.312 e. The number of halogens is 1. The summed E-state index contributed by atoms with van der Waals surface area (Å²) in [7, 11) is 5.22. The number of carbonyl (C=O) groups excluding carboxylic acids is 2. The fourth-order valence-corrected chi connectivity index (χ4v) is 7.41. The molecule has 1 unspecified atom stereocenters. The summed E-state index contributed by atoms with van der Waals surface area (Å²) < 4.78 is 20.1. The van der Waals surface area contributed by atoms with E-state index in [-0.39, 0.29) is 29.7 Å². The first kappa shape index (κ1) is 29.9. The number of carbonyl (C=O) groups is 2. The highest BCUT2D eigenvalue weighted by molar-refractivity contribution is 7.20. The molecule has 15 heteroatoms. The van der Waals surface area contributed by atoms with Crippen LogP contribution in [0.25, 0.3) is 16.2 Å². The van der Waals surface area contributed by atoms with Crippen molar-refractivity contribution < 1.29 is 18.7 Å². The number of esters is 1. The molecule has 2 saturated heterocycles. The monoisotopic (exact) mass is 637 g/mol. The summed E-state index contributed by atoms with van der Waals surface area (Å²) in [4.78, 5) is 43.2. The second kappa shape index (κ2) is 12.1. The van der Waals surface area contributed by atoms with Crippen LogP contribution in [0, 0.1) is 23.1 Å². The summed E-state index contributed by atoms with van der Waals surface area (Å²) in [6, 6.07) is 8.38. The second-order valence-corrected chi connectivity index (χ2v) is 12.9. The number of aromatic nitrogens is 4. The van der Waals surface area contributed by atoms with Crippen LogP contribution < -0.4 is 9.80 Å². The van der Waals surface area contributed by atoms with Crippen LogP contribution in [0.1, 0.15) is 23.9 Å². The van der Waals surface area contributed by atoms with Gasteiger partial charge in [0.1, 0.15) is 22.5 Å². The predicted molar refractivity (Wildman–Crippen MR) is 166 cm³/mol. The number of fused-ring (bicyclic) bond motifs is 1. The minimum Gasteiger partial charge on any atom is -0.469 e. The molecule has 0 radical (unpaired) electrons. The van der Waals surface area contributed by atoms with E-state index in [1.165, 1.54) is 41.9 Å².